The van der Waals surface area contributed by atoms with E-state index in [1.165, 1.54) is 0 Å². The van der Waals surface area contributed by atoms with Gasteiger partial charge in [-0.15, -0.1) is 0 Å². The quantitative estimate of drug-likeness (QED) is 0.352. The number of methoxy groups -OCH3 is 1. The van der Waals surface area contributed by atoms with E-state index in [9.17, 15) is 9.59 Å². The first-order chi connectivity index (χ1) is 17.9. The zero-order valence-electron chi connectivity index (χ0n) is 20.1. The van der Waals surface area contributed by atoms with E-state index in [2.05, 4.69) is 15.2 Å². The fourth-order valence-corrected chi connectivity index (χ4v) is 4.92. The van der Waals surface area contributed by atoms with E-state index in [-0.39, 0.29) is 11.8 Å². The van der Waals surface area contributed by atoms with Gasteiger partial charge in [-0.25, -0.2) is 4.98 Å². The van der Waals surface area contributed by atoms with Crippen LogP contribution in [0.1, 0.15) is 20.8 Å². The molecule has 0 aliphatic carbocycles. The molecule has 1 saturated heterocycles. The van der Waals surface area contributed by atoms with Crippen LogP contribution in [-0.2, 0) is 0 Å². The molecule has 2 amide bonds. The summed E-state index contributed by atoms with van der Waals surface area (Å²) in [6, 6.07) is 21.7. The zero-order chi connectivity index (χ0) is 25.9. The number of aromatic nitrogens is 1. The molecule has 188 valence electrons. The Hall–Kier alpha value is -3.81. The summed E-state index contributed by atoms with van der Waals surface area (Å²) in [6.07, 6.45) is 0. The summed E-state index contributed by atoms with van der Waals surface area (Å²) >= 11 is 12.0. The molecule has 0 spiro atoms. The van der Waals surface area contributed by atoms with Gasteiger partial charge in [-0.05, 0) is 54.6 Å². The molecule has 0 atom stereocenters. The molecule has 1 N–H and O–H groups in total. The molecule has 1 fully saturated rings. The van der Waals surface area contributed by atoms with Crippen LogP contribution in [0.25, 0.3) is 10.9 Å². The van der Waals surface area contributed by atoms with Gasteiger partial charge in [-0.3, -0.25) is 9.59 Å². The SMILES string of the molecule is COc1cc(C(=O)N2CCN(c3ccc(NC(=O)c4cc(Cl)cc(Cl)c4)cc3)CC2)nc2ccccc12. The highest BCUT2D eigenvalue weighted by molar-refractivity contribution is 6.35. The maximum atomic E-state index is 13.2. The molecule has 4 aromatic rings. The molecular weight excluding hydrogens is 511 g/mol. The predicted octanol–water partition coefficient (Wildman–Crippen LogP) is 5.76. The van der Waals surface area contributed by atoms with Gasteiger partial charge >= 0.3 is 0 Å². The minimum absolute atomic E-state index is 0.108. The number of amides is 2. The fraction of sp³-hybridized carbons (Fsp3) is 0.179. The van der Waals surface area contributed by atoms with Crippen molar-refractivity contribution in [1.82, 2.24) is 9.88 Å². The Morgan fingerprint density at radius 3 is 2.24 bits per heavy atom. The number of anilines is 2. The zero-order valence-corrected chi connectivity index (χ0v) is 21.6. The molecule has 0 bridgehead atoms. The van der Waals surface area contributed by atoms with Crippen molar-refractivity contribution in [3.05, 3.63) is 94.1 Å². The van der Waals surface area contributed by atoms with Gasteiger partial charge in [0.2, 0.25) is 0 Å². The van der Waals surface area contributed by atoms with Crippen LogP contribution in [0.2, 0.25) is 10.0 Å². The number of nitrogens with one attached hydrogen (secondary N) is 1. The summed E-state index contributed by atoms with van der Waals surface area (Å²) in [5.74, 6) is 0.240. The van der Waals surface area contributed by atoms with Crippen molar-refractivity contribution in [2.24, 2.45) is 0 Å². The molecule has 1 aliphatic rings. The molecule has 1 aliphatic heterocycles. The van der Waals surface area contributed by atoms with E-state index in [1.54, 1.807) is 31.4 Å². The van der Waals surface area contributed by atoms with Gasteiger partial charge in [-0.2, -0.15) is 0 Å². The Morgan fingerprint density at radius 2 is 1.57 bits per heavy atom. The summed E-state index contributed by atoms with van der Waals surface area (Å²) in [7, 11) is 1.60. The number of carbonyl (C=O) groups excluding carboxylic acids is 2. The average Bonchev–Trinajstić information content (AvgIpc) is 2.92. The molecule has 1 aromatic heterocycles. The standard InChI is InChI=1S/C28H24Cl2N4O3/c1-37-26-17-25(32-24-5-3-2-4-23(24)26)28(36)34-12-10-33(11-13-34)22-8-6-21(7-9-22)31-27(35)18-14-19(29)16-20(30)15-18/h2-9,14-17H,10-13H2,1H3,(H,31,35). The first-order valence-electron chi connectivity index (χ1n) is 11.8. The van der Waals surface area contributed by atoms with Crippen LogP contribution < -0.4 is 15.0 Å². The monoisotopic (exact) mass is 534 g/mol. The molecule has 5 rings (SSSR count). The molecule has 3 aromatic carbocycles. The maximum Gasteiger partial charge on any atom is 0.272 e. The average molecular weight is 535 g/mol. The van der Waals surface area contributed by atoms with Gasteiger partial charge in [0.25, 0.3) is 11.8 Å². The van der Waals surface area contributed by atoms with E-state index < -0.39 is 0 Å². The van der Waals surface area contributed by atoms with Gasteiger partial charge < -0.3 is 19.9 Å². The number of hydrogen-bond donors (Lipinski definition) is 1. The van der Waals surface area contributed by atoms with Crippen molar-refractivity contribution in [3.63, 3.8) is 0 Å². The van der Waals surface area contributed by atoms with Gasteiger partial charge in [0.1, 0.15) is 11.4 Å². The van der Waals surface area contributed by atoms with Gasteiger partial charge in [0.05, 0.1) is 12.6 Å². The van der Waals surface area contributed by atoms with E-state index in [0.29, 0.717) is 58.9 Å². The number of nitrogens with zero attached hydrogens (tertiary/aromatic N) is 3. The lowest BCUT2D eigenvalue weighted by Crippen LogP contribution is -2.49. The number of carbonyl (C=O) groups is 2. The highest BCUT2D eigenvalue weighted by atomic mass is 35.5. The van der Waals surface area contributed by atoms with Crippen LogP contribution in [0.15, 0.2) is 72.8 Å². The number of para-hydroxylation sites is 1. The second-order valence-electron chi connectivity index (χ2n) is 8.67. The largest absolute Gasteiger partial charge is 0.496 e. The van der Waals surface area contributed by atoms with Crippen LogP contribution in [0, 0.1) is 0 Å². The van der Waals surface area contributed by atoms with Crippen molar-refractivity contribution in [3.8, 4) is 5.75 Å². The molecular formula is C28H24Cl2N4O3. The summed E-state index contributed by atoms with van der Waals surface area (Å²) in [6.45, 7) is 2.51. The number of halogens is 2. The Bertz CT molecular complexity index is 1450. The summed E-state index contributed by atoms with van der Waals surface area (Å²) < 4.78 is 5.49. The van der Waals surface area contributed by atoms with Crippen LogP contribution in [-0.4, -0.2) is 55.0 Å². The second kappa shape index (κ2) is 10.7. The Labute approximate surface area is 224 Å². The highest BCUT2D eigenvalue weighted by Crippen LogP contribution is 2.26. The van der Waals surface area contributed by atoms with Crippen LogP contribution in [0.4, 0.5) is 11.4 Å². The predicted molar refractivity (Wildman–Crippen MR) is 147 cm³/mol. The van der Waals surface area contributed by atoms with Gasteiger partial charge in [0, 0.05) is 64.6 Å². The summed E-state index contributed by atoms with van der Waals surface area (Å²) in [5.41, 5.74) is 3.18. The molecule has 0 radical (unpaired) electrons. The first-order valence-corrected chi connectivity index (χ1v) is 12.5. The maximum absolute atomic E-state index is 13.2. The Morgan fingerprint density at radius 1 is 0.892 bits per heavy atom. The molecule has 0 saturated carbocycles. The van der Waals surface area contributed by atoms with Crippen LogP contribution in [0.3, 0.4) is 0 Å². The number of hydrogen-bond acceptors (Lipinski definition) is 5. The third kappa shape index (κ3) is 5.48. The fourth-order valence-electron chi connectivity index (χ4n) is 4.40. The van der Waals surface area contributed by atoms with E-state index in [4.69, 9.17) is 27.9 Å². The van der Waals surface area contributed by atoms with E-state index >= 15 is 0 Å². The van der Waals surface area contributed by atoms with Crippen LogP contribution in [0.5, 0.6) is 5.75 Å². The minimum atomic E-state index is -0.289. The van der Waals surface area contributed by atoms with Crippen molar-refractivity contribution < 1.29 is 14.3 Å². The smallest absolute Gasteiger partial charge is 0.272 e. The van der Waals surface area contributed by atoms with Gasteiger partial charge in [-0.1, -0.05) is 35.3 Å². The van der Waals surface area contributed by atoms with E-state index in [0.717, 1.165) is 16.6 Å². The molecule has 7 nitrogen and oxygen atoms in total. The number of ether oxygens (including phenoxy) is 1. The summed E-state index contributed by atoms with van der Waals surface area (Å²) in [5, 5.41) is 4.54. The van der Waals surface area contributed by atoms with Crippen LogP contribution >= 0.6 is 23.2 Å². The topological polar surface area (TPSA) is 74.8 Å². The first kappa shape index (κ1) is 24.9. The molecule has 9 heteroatoms. The lowest BCUT2D eigenvalue weighted by molar-refractivity contribution is 0.0740. The molecule has 2 heterocycles. The van der Waals surface area contributed by atoms with E-state index in [1.807, 2.05) is 53.4 Å². The van der Waals surface area contributed by atoms with Crippen molar-refractivity contribution in [2.45, 2.75) is 0 Å². The third-order valence-electron chi connectivity index (χ3n) is 6.30. The van der Waals surface area contributed by atoms with Gasteiger partial charge in [0.15, 0.2) is 0 Å². The Kier molecular flexibility index (Phi) is 7.17. The molecule has 0 unspecified atom stereocenters. The minimum Gasteiger partial charge on any atom is -0.496 e. The normalized spacial score (nSPS) is 13.5. The molecule has 37 heavy (non-hydrogen) atoms. The Balaban J connectivity index is 1.21. The summed E-state index contributed by atoms with van der Waals surface area (Å²) in [4.78, 5) is 34.3. The lowest BCUT2D eigenvalue weighted by Gasteiger charge is -2.36. The second-order valence-corrected chi connectivity index (χ2v) is 9.54. The number of piperazine rings is 1. The number of benzene rings is 3. The number of fused-ring (bicyclic) bond motifs is 1. The number of pyridine rings is 1. The van der Waals surface area contributed by atoms with Crippen molar-refractivity contribution in [2.75, 3.05) is 43.5 Å². The third-order valence-corrected chi connectivity index (χ3v) is 6.74. The lowest BCUT2D eigenvalue weighted by atomic mass is 10.1. The highest BCUT2D eigenvalue weighted by Gasteiger charge is 2.24. The van der Waals surface area contributed by atoms with Crippen molar-refractivity contribution in [1.29, 1.82) is 0 Å². The van der Waals surface area contributed by atoms with Crippen molar-refractivity contribution >= 4 is 57.3 Å². The number of rotatable bonds is 5.